The van der Waals surface area contributed by atoms with Crippen molar-refractivity contribution in [1.29, 1.82) is 0 Å². The average Bonchev–Trinajstić information content (AvgIpc) is 2.99. The lowest BCUT2D eigenvalue weighted by Crippen LogP contribution is -2.32. The molecule has 1 aromatic carbocycles. The first-order valence-electron chi connectivity index (χ1n) is 7.41. The summed E-state index contributed by atoms with van der Waals surface area (Å²) in [5, 5.41) is 2.95. The molecule has 0 bridgehead atoms. The molecule has 1 aliphatic heterocycles. The summed E-state index contributed by atoms with van der Waals surface area (Å²) in [7, 11) is 1.63. The molecule has 1 N–H and O–H groups in total. The number of anilines is 1. The number of carbonyl (C=O) groups excluding carboxylic acids is 1. The molecule has 2 fully saturated rings. The van der Waals surface area contributed by atoms with Crippen LogP contribution in [0.4, 0.5) is 5.69 Å². The zero-order chi connectivity index (χ0) is 13.9. The molecule has 1 saturated carbocycles. The van der Waals surface area contributed by atoms with Crippen LogP contribution >= 0.6 is 0 Å². The molecule has 20 heavy (non-hydrogen) atoms. The predicted molar refractivity (Wildman–Crippen MR) is 78.9 cm³/mol. The van der Waals surface area contributed by atoms with Crippen LogP contribution in [0, 0.1) is 11.8 Å². The monoisotopic (exact) mass is 274 g/mol. The summed E-state index contributed by atoms with van der Waals surface area (Å²) in [6.07, 6.45) is 4.07. The largest absolute Gasteiger partial charge is 0.497 e. The van der Waals surface area contributed by atoms with Gasteiger partial charge >= 0.3 is 0 Å². The zero-order valence-corrected chi connectivity index (χ0v) is 12.0. The van der Waals surface area contributed by atoms with Crippen molar-refractivity contribution in [3.63, 3.8) is 0 Å². The minimum absolute atomic E-state index is 0.0678. The van der Waals surface area contributed by atoms with Crippen molar-refractivity contribution in [3.05, 3.63) is 24.3 Å². The van der Waals surface area contributed by atoms with Crippen LogP contribution in [-0.4, -0.2) is 37.6 Å². The first-order chi connectivity index (χ1) is 9.74. The summed E-state index contributed by atoms with van der Waals surface area (Å²) in [6.45, 7) is 2.69. The topological polar surface area (TPSA) is 41.6 Å². The van der Waals surface area contributed by atoms with Gasteiger partial charge in [0.2, 0.25) is 5.91 Å². The van der Waals surface area contributed by atoms with Gasteiger partial charge in [0.15, 0.2) is 0 Å². The summed E-state index contributed by atoms with van der Waals surface area (Å²) in [4.78, 5) is 14.4. The second-order valence-electron chi connectivity index (χ2n) is 5.93. The number of hydrogen-bond acceptors (Lipinski definition) is 3. The highest BCUT2D eigenvalue weighted by Gasteiger charge is 2.36. The van der Waals surface area contributed by atoms with E-state index in [4.69, 9.17) is 4.74 Å². The van der Waals surface area contributed by atoms with Crippen molar-refractivity contribution in [1.82, 2.24) is 4.90 Å². The fourth-order valence-corrected chi connectivity index (χ4v) is 3.57. The third-order valence-corrected chi connectivity index (χ3v) is 4.52. The minimum Gasteiger partial charge on any atom is -0.497 e. The van der Waals surface area contributed by atoms with E-state index in [9.17, 15) is 4.79 Å². The van der Waals surface area contributed by atoms with Gasteiger partial charge in [-0.3, -0.25) is 9.69 Å². The van der Waals surface area contributed by atoms with Gasteiger partial charge in [-0.1, -0.05) is 12.5 Å². The summed E-state index contributed by atoms with van der Waals surface area (Å²) < 4.78 is 5.16. The van der Waals surface area contributed by atoms with E-state index in [-0.39, 0.29) is 5.91 Å². The van der Waals surface area contributed by atoms with Crippen molar-refractivity contribution < 1.29 is 9.53 Å². The molecule has 3 rings (SSSR count). The van der Waals surface area contributed by atoms with E-state index in [0.29, 0.717) is 6.54 Å². The number of rotatable bonds is 4. The molecule has 0 aromatic heterocycles. The molecule has 0 spiro atoms. The Bertz CT molecular complexity index is 477. The van der Waals surface area contributed by atoms with Crippen LogP contribution in [-0.2, 0) is 4.79 Å². The Morgan fingerprint density at radius 2 is 2.10 bits per heavy atom. The number of carbonyl (C=O) groups is 1. The normalized spacial score (nSPS) is 25.4. The highest BCUT2D eigenvalue weighted by atomic mass is 16.5. The number of nitrogens with one attached hydrogen (secondary N) is 1. The predicted octanol–water partition coefficient (Wildman–Crippen LogP) is 2.37. The van der Waals surface area contributed by atoms with Crippen LogP contribution in [0.1, 0.15) is 19.3 Å². The van der Waals surface area contributed by atoms with Crippen LogP contribution in [0.2, 0.25) is 0 Å². The van der Waals surface area contributed by atoms with Gasteiger partial charge in [0.25, 0.3) is 0 Å². The number of ether oxygens (including phenoxy) is 1. The second kappa shape index (κ2) is 5.83. The van der Waals surface area contributed by atoms with E-state index in [1.54, 1.807) is 7.11 Å². The number of fused-ring (bicyclic) bond motifs is 1. The van der Waals surface area contributed by atoms with Gasteiger partial charge in [0.05, 0.1) is 13.7 Å². The molecule has 4 nitrogen and oxygen atoms in total. The van der Waals surface area contributed by atoms with Gasteiger partial charge < -0.3 is 10.1 Å². The van der Waals surface area contributed by atoms with Crippen molar-refractivity contribution in [2.24, 2.45) is 11.8 Å². The van der Waals surface area contributed by atoms with Crippen molar-refractivity contribution >= 4 is 11.6 Å². The van der Waals surface area contributed by atoms with Crippen LogP contribution in [0.15, 0.2) is 24.3 Å². The first-order valence-corrected chi connectivity index (χ1v) is 7.41. The molecule has 1 aliphatic carbocycles. The zero-order valence-electron chi connectivity index (χ0n) is 12.0. The van der Waals surface area contributed by atoms with Crippen LogP contribution in [0.25, 0.3) is 0 Å². The maximum Gasteiger partial charge on any atom is 0.238 e. The summed E-state index contributed by atoms with van der Waals surface area (Å²) in [5.41, 5.74) is 0.800. The fourth-order valence-electron chi connectivity index (χ4n) is 3.57. The molecule has 2 aliphatic rings. The van der Waals surface area contributed by atoms with E-state index >= 15 is 0 Å². The SMILES string of the molecule is COc1cccc(NC(=O)CN2CC3CCCC3C2)c1. The Morgan fingerprint density at radius 3 is 2.80 bits per heavy atom. The Morgan fingerprint density at radius 1 is 1.35 bits per heavy atom. The average molecular weight is 274 g/mol. The molecular weight excluding hydrogens is 252 g/mol. The molecule has 1 heterocycles. The van der Waals surface area contributed by atoms with Crippen molar-refractivity contribution in [3.8, 4) is 5.75 Å². The minimum atomic E-state index is 0.0678. The van der Waals surface area contributed by atoms with Gasteiger partial charge in [-0.05, 0) is 36.8 Å². The number of hydrogen-bond donors (Lipinski definition) is 1. The Kier molecular flexibility index (Phi) is 3.92. The van der Waals surface area contributed by atoms with Gasteiger partial charge in [0.1, 0.15) is 5.75 Å². The lowest BCUT2D eigenvalue weighted by atomic mass is 10.0. The molecular formula is C16H22N2O2. The number of likely N-dealkylation sites (tertiary alicyclic amines) is 1. The molecule has 1 saturated heterocycles. The smallest absolute Gasteiger partial charge is 0.238 e. The Labute approximate surface area is 120 Å². The van der Waals surface area contributed by atoms with Crippen molar-refractivity contribution in [2.45, 2.75) is 19.3 Å². The maximum atomic E-state index is 12.1. The van der Waals surface area contributed by atoms with E-state index < -0.39 is 0 Å². The molecule has 1 amide bonds. The number of benzene rings is 1. The van der Waals surface area contributed by atoms with Gasteiger partial charge in [-0.2, -0.15) is 0 Å². The highest BCUT2D eigenvalue weighted by molar-refractivity contribution is 5.92. The summed E-state index contributed by atoms with van der Waals surface area (Å²) in [6, 6.07) is 7.49. The number of amides is 1. The molecule has 0 radical (unpaired) electrons. The van der Waals surface area contributed by atoms with Gasteiger partial charge in [-0.15, -0.1) is 0 Å². The maximum absolute atomic E-state index is 12.1. The molecule has 1 aromatic rings. The van der Waals surface area contributed by atoms with Crippen LogP contribution < -0.4 is 10.1 Å². The highest BCUT2D eigenvalue weighted by Crippen LogP contribution is 2.37. The third-order valence-electron chi connectivity index (χ3n) is 4.52. The standard InChI is InChI=1S/C16H22N2O2/c1-20-15-7-3-6-14(8-15)17-16(19)11-18-9-12-4-2-5-13(12)10-18/h3,6-8,12-13H,2,4-5,9-11H2,1H3,(H,17,19). The molecule has 2 atom stereocenters. The summed E-state index contributed by atoms with van der Waals surface area (Å²) in [5.74, 6) is 2.50. The third kappa shape index (κ3) is 2.96. The lowest BCUT2D eigenvalue weighted by Gasteiger charge is -2.16. The van der Waals surface area contributed by atoms with Crippen LogP contribution in [0.3, 0.4) is 0 Å². The first kappa shape index (κ1) is 13.4. The molecule has 108 valence electrons. The van der Waals surface area contributed by atoms with Crippen molar-refractivity contribution in [2.75, 3.05) is 32.1 Å². The van der Waals surface area contributed by atoms with E-state index in [1.807, 2.05) is 24.3 Å². The fraction of sp³-hybridized carbons (Fsp3) is 0.562. The molecule has 2 unspecified atom stereocenters. The van der Waals surface area contributed by atoms with E-state index in [1.165, 1.54) is 19.3 Å². The Balaban J connectivity index is 1.52. The lowest BCUT2D eigenvalue weighted by molar-refractivity contribution is -0.117. The van der Waals surface area contributed by atoms with Gasteiger partial charge in [0, 0.05) is 24.8 Å². The second-order valence-corrected chi connectivity index (χ2v) is 5.93. The summed E-state index contributed by atoms with van der Waals surface area (Å²) >= 11 is 0. The number of nitrogens with zero attached hydrogens (tertiary/aromatic N) is 1. The quantitative estimate of drug-likeness (QED) is 0.916. The van der Waals surface area contributed by atoms with E-state index in [0.717, 1.165) is 36.4 Å². The van der Waals surface area contributed by atoms with Gasteiger partial charge in [-0.25, -0.2) is 0 Å². The van der Waals surface area contributed by atoms with E-state index in [2.05, 4.69) is 10.2 Å². The number of methoxy groups -OCH3 is 1. The Hall–Kier alpha value is -1.55. The molecule has 4 heteroatoms. The van der Waals surface area contributed by atoms with Crippen LogP contribution in [0.5, 0.6) is 5.75 Å².